The van der Waals surface area contributed by atoms with Crippen LogP contribution < -0.4 is 10.6 Å². The molecule has 0 bridgehead atoms. The minimum atomic E-state index is -0.278. The Bertz CT molecular complexity index is 992. The number of aryl methyl sites for hydroxylation is 2. The van der Waals surface area contributed by atoms with Crippen LogP contribution in [0.5, 0.6) is 0 Å². The Morgan fingerprint density at radius 2 is 1.34 bits per heavy atom. The van der Waals surface area contributed by atoms with Crippen molar-refractivity contribution in [2.75, 3.05) is 11.9 Å². The maximum absolute atomic E-state index is 12.9. The highest BCUT2D eigenvalue weighted by molar-refractivity contribution is 6.05. The third-order valence-corrected chi connectivity index (χ3v) is 4.50. The summed E-state index contributed by atoms with van der Waals surface area (Å²) < 4.78 is 12.9. The van der Waals surface area contributed by atoms with Gasteiger partial charge in [0, 0.05) is 23.4 Å². The number of benzene rings is 3. The first-order valence-electron chi connectivity index (χ1n) is 9.43. The van der Waals surface area contributed by atoms with E-state index >= 15 is 0 Å². The number of amides is 2. The Kier molecular flexibility index (Phi) is 6.39. The minimum absolute atomic E-state index is 0.214. The lowest BCUT2D eigenvalue weighted by atomic mass is 10.1. The van der Waals surface area contributed by atoms with Gasteiger partial charge in [-0.1, -0.05) is 18.2 Å². The normalized spacial score (nSPS) is 10.4. The predicted molar refractivity (Wildman–Crippen MR) is 113 cm³/mol. The summed E-state index contributed by atoms with van der Waals surface area (Å²) >= 11 is 0. The van der Waals surface area contributed by atoms with Crippen molar-refractivity contribution in [1.29, 1.82) is 0 Å². The van der Waals surface area contributed by atoms with Gasteiger partial charge in [-0.3, -0.25) is 9.59 Å². The summed E-state index contributed by atoms with van der Waals surface area (Å²) in [4.78, 5) is 24.7. The number of carbonyl (C=O) groups is 2. The molecule has 4 nitrogen and oxygen atoms in total. The molecule has 0 aliphatic heterocycles. The summed E-state index contributed by atoms with van der Waals surface area (Å²) in [5, 5.41) is 5.71. The maximum Gasteiger partial charge on any atom is 0.255 e. The van der Waals surface area contributed by atoms with Crippen molar-refractivity contribution in [2.24, 2.45) is 0 Å². The number of hydrogen-bond donors (Lipinski definition) is 2. The monoisotopic (exact) mass is 390 g/mol. The number of carbonyl (C=O) groups excluding carboxylic acids is 2. The lowest BCUT2D eigenvalue weighted by Crippen LogP contribution is -2.25. The number of halogens is 1. The molecule has 3 rings (SSSR count). The van der Waals surface area contributed by atoms with Crippen molar-refractivity contribution in [3.05, 3.63) is 100 Å². The van der Waals surface area contributed by atoms with Crippen LogP contribution in [0.3, 0.4) is 0 Å². The molecule has 0 radical (unpaired) electrons. The van der Waals surface area contributed by atoms with Gasteiger partial charge in [-0.2, -0.15) is 0 Å². The topological polar surface area (TPSA) is 58.2 Å². The maximum atomic E-state index is 12.9. The van der Waals surface area contributed by atoms with Gasteiger partial charge in [0.15, 0.2) is 0 Å². The van der Waals surface area contributed by atoms with Gasteiger partial charge in [-0.05, 0) is 85.5 Å². The largest absolute Gasteiger partial charge is 0.352 e. The standard InChI is InChI=1S/C24H23FN2O2/c1-16-13-17(2)15-22(14-16)27-24(29)20-7-5-19(6-8-20)23(28)26-12-11-18-3-9-21(25)10-4-18/h3-10,13-15H,11-12H2,1-2H3,(H,26,28)(H,27,29). The second-order valence-corrected chi connectivity index (χ2v) is 7.04. The van der Waals surface area contributed by atoms with Crippen LogP contribution in [-0.2, 0) is 6.42 Å². The molecule has 5 heteroatoms. The van der Waals surface area contributed by atoms with Crippen LogP contribution in [0.1, 0.15) is 37.4 Å². The summed E-state index contributed by atoms with van der Waals surface area (Å²) in [6.07, 6.45) is 0.614. The number of rotatable bonds is 6. The van der Waals surface area contributed by atoms with Crippen molar-refractivity contribution in [3.8, 4) is 0 Å². The fourth-order valence-electron chi connectivity index (χ4n) is 3.10. The lowest BCUT2D eigenvalue weighted by molar-refractivity contribution is 0.0952. The molecule has 0 atom stereocenters. The smallest absolute Gasteiger partial charge is 0.255 e. The summed E-state index contributed by atoms with van der Waals surface area (Å²) in [7, 11) is 0. The number of nitrogens with one attached hydrogen (secondary N) is 2. The quantitative estimate of drug-likeness (QED) is 0.643. The predicted octanol–water partition coefficient (Wildman–Crippen LogP) is 4.67. The van der Waals surface area contributed by atoms with Crippen LogP contribution in [-0.4, -0.2) is 18.4 Å². The van der Waals surface area contributed by atoms with E-state index in [-0.39, 0.29) is 17.6 Å². The summed E-state index contributed by atoms with van der Waals surface area (Å²) in [5.41, 5.74) is 4.81. The van der Waals surface area contributed by atoms with Gasteiger partial charge in [-0.25, -0.2) is 4.39 Å². The molecule has 148 valence electrons. The molecule has 2 N–H and O–H groups in total. The van der Waals surface area contributed by atoms with Gasteiger partial charge in [0.05, 0.1) is 0 Å². The van der Waals surface area contributed by atoms with E-state index in [0.717, 1.165) is 22.4 Å². The average molecular weight is 390 g/mol. The summed E-state index contributed by atoms with van der Waals surface area (Å²) in [6, 6.07) is 18.6. The highest BCUT2D eigenvalue weighted by Gasteiger charge is 2.10. The molecule has 29 heavy (non-hydrogen) atoms. The van der Waals surface area contributed by atoms with E-state index in [9.17, 15) is 14.0 Å². The molecule has 0 fully saturated rings. The highest BCUT2D eigenvalue weighted by atomic mass is 19.1. The third kappa shape index (κ3) is 5.75. The fourth-order valence-corrected chi connectivity index (χ4v) is 3.10. The Hall–Kier alpha value is -3.47. The van der Waals surface area contributed by atoms with Crippen LogP contribution in [0.25, 0.3) is 0 Å². The number of anilines is 1. The van der Waals surface area contributed by atoms with E-state index in [4.69, 9.17) is 0 Å². The van der Waals surface area contributed by atoms with E-state index in [0.29, 0.717) is 24.1 Å². The molecule has 3 aromatic carbocycles. The Morgan fingerprint density at radius 1 is 0.793 bits per heavy atom. The van der Waals surface area contributed by atoms with Crippen LogP contribution in [0.15, 0.2) is 66.7 Å². The molecular weight excluding hydrogens is 367 g/mol. The molecule has 0 saturated heterocycles. The number of hydrogen-bond acceptors (Lipinski definition) is 2. The van der Waals surface area contributed by atoms with Crippen LogP contribution >= 0.6 is 0 Å². The Labute approximate surface area is 169 Å². The van der Waals surface area contributed by atoms with Crippen LogP contribution in [0, 0.1) is 19.7 Å². The Balaban J connectivity index is 1.55. The van der Waals surface area contributed by atoms with Crippen LogP contribution in [0.2, 0.25) is 0 Å². The van der Waals surface area contributed by atoms with Gasteiger partial charge in [0.25, 0.3) is 11.8 Å². The molecule has 3 aromatic rings. The van der Waals surface area contributed by atoms with E-state index in [1.807, 2.05) is 32.0 Å². The van der Waals surface area contributed by atoms with Crippen molar-refractivity contribution < 1.29 is 14.0 Å². The third-order valence-electron chi connectivity index (χ3n) is 4.50. The van der Waals surface area contributed by atoms with Crippen molar-refractivity contribution >= 4 is 17.5 Å². The molecule has 0 heterocycles. The Morgan fingerprint density at radius 3 is 1.93 bits per heavy atom. The van der Waals surface area contributed by atoms with E-state index < -0.39 is 0 Å². The van der Waals surface area contributed by atoms with Gasteiger partial charge in [-0.15, -0.1) is 0 Å². The average Bonchev–Trinajstić information content (AvgIpc) is 2.68. The molecule has 0 saturated carbocycles. The first-order chi connectivity index (χ1) is 13.9. The summed E-state index contributed by atoms with van der Waals surface area (Å²) in [5.74, 6) is -0.717. The zero-order valence-corrected chi connectivity index (χ0v) is 16.5. The molecule has 0 aliphatic rings. The summed E-state index contributed by atoms with van der Waals surface area (Å²) in [6.45, 7) is 4.40. The molecule has 0 spiro atoms. The zero-order chi connectivity index (χ0) is 20.8. The first-order valence-corrected chi connectivity index (χ1v) is 9.43. The van der Waals surface area contributed by atoms with E-state index in [1.54, 1.807) is 36.4 Å². The minimum Gasteiger partial charge on any atom is -0.352 e. The van der Waals surface area contributed by atoms with Crippen molar-refractivity contribution in [1.82, 2.24) is 5.32 Å². The van der Waals surface area contributed by atoms with Gasteiger partial charge >= 0.3 is 0 Å². The van der Waals surface area contributed by atoms with Gasteiger partial charge < -0.3 is 10.6 Å². The van der Waals surface area contributed by atoms with Crippen LogP contribution in [0.4, 0.5) is 10.1 Å². The molecular formula is C24H23FN2O2. The lowest BCUT2D eigenvalue weighted by Gasteiger charge is -2.09. The van der Waals surface area contributed by atoms with Gasteiger partial charge in [0.2, 0.25) is 0 Å². The molecule has 2 amide bonds. The van der Waals surface area contributed by atoms with Crippen molar-refractivity contribution in [3.63, 3.8) is 0 Å². The van der Waals surface area contributed by atoms with Crippen molar-refractivity contribution in [2.45, 2.75) is 20.3 Å². The molecule has 0 aliphatic carbocycles. The first kappa shape index (κ1) is 20.3. The van der Waals surface area contributed by atoms with E-state index in [2.05, 4.69) is 10.6 Å². The second kappa shape index (κ2) is 9.15. The fraction of sp³-hybridized carbons (Fsp3) is 0.167. The molecule has 0 unspecified atom stereocenters. The SMILES string of the molecule is Cc1cc(C)cc(NC(=O)c2ccc(C(=O)NCCc3ccc(F)cc3)cc2)c1. The zero-order valence-electron chi connectivity index (χ0n) is 16.5. The second-order valence-electron chi connectivity index (χ2n) is 7.04. The highest BCUT2D eigenvalue weighted by Crippen LogP contribution is 2.15. The van der Waals surface area contributed by atoms with Gasteiger partial charge in [0.1, 0.15) is 5.82 Å². The molecule has 0 aromatic heterocycles. The van der Waals surface area contributed by atoms with E-state index in [1.165, 1.54) is 12.1 Å².